The van der Waals surface area contributed by atoms with Crippen LogP contribution in [0.15, 0.2) is 24.8 Å². The van der Waals surface area contributed by atoms with E-state index in [2.05, 4.69) is 33.2 Å². The topological polar surface area (TPSA) is 93.2 Å². The van der Waals surface area contributed by atoms with Gasteiger partial charge in [-0.25, -0.2) is 4.98 Å². The van der Waals surface area contributed by atoms with Crippen LogP contribution in [-0.4, -0.2) is 57.7 Å². The lowest BCUT2D eigenvalue weighted by Crippen LogP contribution is -2.41. The van der Waals surface area contributed by atoms with Crippen LogP contribution in [-0.2, 0) is 7.05 Å². The Morgan fingerprint density at radius 3 is 2.84 bits per heavy atom. The molecule has 3 heterocycles. The summed E-state index contributed by atoms with van der Waals surface area (Å²) in [5, 5.41) is 4.33. The smallest absolute Gasteiger partial charge is 0.268 e. The van der Waals surface area contributed by atoms with Gasteiger partial charge in [-0.05, 0) is 32.4 Å². The molecule has 0 saturated carbocycles. The first-order valence-electron chi connectivity index (χ1n) is 8.47. The minimum Gasteiger partial charge on any atom is -0.364 e. The Morgan fingerprint density at radius 2 is 2.16 bits per heavy atom. The highest BCUT2D eigenvalue weighted by Crippen LogP contribution is 2.35. The number of rotatable bonds is 5. The van der Waals surface area contributed by atoms with Crippen LogP contribution < -0.4 is 10.6 Å². The molecule has 134 valence electrons. The van der Waals surface area contributed by atoms with E-state index in [9.17, 15) is 4.79 Å². The number of piperidine rings is 1. The zero-order chi connectivity index (χ0) is 18.0. The molecule has 0 spiro atoms. The van der Waals surface area contributed by atoms with E-state index in [1.165, 1.54) is 18.2 Å². The van der Waals surface area contributed by atoms with Gasteiger partial charge in [-0.3, -0.25) is 19.4 Å². The van der Waals surface area contributed by atoms with Crippen LogP contribution in [0.5, 0.6) is 0 Å². The summed E-state index contributed by atoms with van der Waals surface area (Å²) >= 11 is 0. The molecule has 0 aliphatic carbocycles. The van der Waals surface area contributed by atoms with Crippen molar-refractivity contribution in [2.45, 2.75) is 18.9 Å². The molecule has 0 radical (unpaired) electrons. The molecule has 1 saturated heterocycles. The fraction of sp³-hybridized carbons (Fsp3) is 0.529. The summed E-state index contributed by atoms with van der Waals surface area (Å²) < 4.78 is 1.85. The van der Waals surface area contributed by atoms with Gasteiger partial charge in [0.25, 0.3) is 5.91 Å². The lowest BCUT2D eigenvalue weighted by Gasteiger charge is -2.40. The number of aromatic nitrogens is 4. The molecule has 2 N–H and O–H groups in total. The molecule has 1 amide bonds. The monoisotopic (exact) mass is 343 g/mol. The van der Waals surface area contributed by atoms with Crippen molar-refractivity contribution >= 4 is 11.7 Å². The number of likely N-dealkylation sites (tertiary alicyclic amines) is 1. The molecule has 3 rings (SSSR count). The van der Waals surface area contributed by atoms with E-state index in [0.29, 0.717) is 17.8 Å². The van der Waals surface area contributed by atoms with E-state index < -0.39 is 5.91 Å². The Bertz CT molecular complexity index is 744. The van der Waals surface area contributed by atoms with E-state index in [4.69, 9.17) is 5.73 Å². The summed E-state index contributed by atoms with van der Waals surface area (Å²) in [5.41, 5.74) is 6.73. The predicted molar refractivity (Wildman–Crippen MR) is 95.1 cm³/mol. The summed E-state index contributed by atoms with van der Waals surface area (Å²) in [5.74, 6) is 0.537. The molecule has 8 heteroatoms. The first-order valence-corrected chi connectivity index (χ1v) is 8.47. The third-order valence-corrected chi connectivity index (χ3v) is 4.85. The number of nitrogens with two attached hydrogens (primary N) is 1. The van der Waals surface area contributed by atoms with Crippen molar-refractivity contribution in [1.29, 1.82) is 0 Å². The summed E-state index contributed by atoms with van der Waals surface area (Å²) in [6.07, 6.45) is 9.40. The Kier molecular flexibility index (Phi) is 4.98. The molecular formula is C17H25N7O. The quantitative estimate of drug-likeness (QED) is 0.864. The number of nitrogens with zero attached hydrogens (tertiary/aromatic N) is 6. The maximum Gasteiger partial charge on any atom is 0.268 e. The van der Waals surface area contributed by atoms with Crippen LogP contribution in [0, 0.1) is 5.92 Å². The maximum absolute atomic E-state index is 11.3. The van der Waals surface area contributed by atoms with Gasteiger partial charge in [-0.15, -0.1) is 0 Å². The highest BCUT2D eigenvalue weighted by molar-refractivity contribution is 5.90. The van der Waals surface area contributed by atoms with Crippen molar-refractivity contribution in [2.24, 2.45) is 18.7 Å². The van der Waals surface area contributed by atoms with E-state index in [0.717, 1.165) is 19.5 Å². The van der Waals surface area contributed by atoms with Crippen molar-refractivity contribution in [3.8, 4) is 0 Å². The second kappa shape index (κ2) is 7.18. The molecule has 2 aromatic heterocycles. The highest BCUT2D eigenvalue weighted by atomic mass is 16.1. The number of hydrogen-bond donors (Lipinski definition) is 1. The van der Waals surface area contributed by atoms with Crippen molar-refractivity contribution in [3.05, 3.63) is 36.0 Å². The van der Waals surface area contributed by atoms with Gasteiger partial charge >= 0.3 is 0 Å². The molecule has 0 unspecified atom stereocenters. The van der Waals surface area contributed by atoms with Gasteiger partial charge in [-0.1, -0.05) is 0 Å². The Morgan fingerprint density at radius 1 is 1.36 bits per heavy atom. The SMILES string of the molecule is CN(C[C@@H]1CCCN(C)[C@H]1c1cnn(C)c1)c1cncc(C(N)=O)n1. The Hall–Kier alpha value is -2.48. The summed E-state index contributed by atoms with van der Waals surface area (Å²) in [4.78, 5) is 24.2. The van der Waals surface area contributed by atoms with Crippen molar-refractivity contribution in [3.63, 3.8) is 0 Å². The lowest BCUT2D eigenvalue weighted by atomic mass is 9.86. The third-order valence-electron chi connectivity index (χ3n) is 4.85. The number of anilines is 1. The molecule has 0 aromatic carbocycles. The molecule has 1 aliphatic rings. The Labute approximate surface area is 147 Å². The number of carbonyl (C=O) groups excluding carboxylic acids is 1. The number of primary amides is 1. The average molecular weight is 343 g/mol. The molecule has 1 fully saturated rings. The highest BCUT2D eigenvalue weighted by Gasteiger charge is 2.32. The molecule has 25 heavy (non-hydrogen) atoms. The van der Waals surface area contributed by atoms with Crippen LogP contribution >= 0.6 is 0 Å². The standard InChI is InChI=1S/C17H25N7O/c1-22-6-4-5-12(16(22)13-7-20-24(3)11-13)10-23(2)15-9-19-8-14(21-15)17(18)25/h7-9,11-12,16H,4-6,10H2,1-3H3,(H2,18,25)/t12-,16+/m0/s1. The molecule has 2 atom stereocenters. The average Bonchev–Trinajstić information content (AvgIpc) is 3.01. The largest absolute Gasteiger partial charge is 0.364 e. The van der Waals surface area contributed by atoms with E-state index in [1.807, 2.05) is 29.9 Å². The van der Waals surface area contributed by atoms with Gasteiger partial charge in [0.1, 0.15) is 11.5 Å². The number of hydrogen-bond acceptors (Lipinski definition) is 6. The predicted octanol–water partition coefficient (Wildman–Crippen LogP) is 0.828. The zero-order valence-electron chi connectivity index (χ0n) is 15.0. The van der Waals surface area contributed by atoms with Crippen LogP contribution in [0.2, 0.25) is 0 Å². The van der Waals surface area contributed by atoms with E-state index >= 15 is 0 Å². The summed E-state index contributed by atoms with van der Waals surface area (Å²) in [6, 6.07) is 0.317. The second-order valence-electron chi connectivity index (χ2n) is 6.78. The maximum atomic E-state index is 11.3. The van der Waals surface area contributed by atoms with Crippen LogP contribution in [0.4, 0.5) is 5.82 Å². The van der Waals surface area contributed by atoms with Crippen molar-refractivity contribution in [1.82, 2.24) is 24.6 Å². The number of aryl methyl sites for hydroxylation is 1. The van der Waals surface area contributed by atoms with Crippen molar-refractivity contribution < 1.29 is 4.79 Å². The van der Waals surface area contributed by atoms with Gasteiger partial charge in [0.05, 0.1) is 18.6 Å². The van der Waals surface area contributed by atoms with Crippen LogP contribution in [0.1, 0.15) is 34.9 Å². The zero-order valence-corrected chi connectivity index (χ0v) is 15.0. The van der Waals surface area contributed by atoms with E-state index in [1.54, 1.807) is 6.20 Å². The number of carbonyl (C=O) groups is 1. The van der Waals surface area contributed by atoms with Gasteiger partial charge in [-0.2, -0.15) is 5.10 Å². The molecular weight excluding hydrogens is 318 g/mol. The minimum absolute atomic E-state index is 0.189. The normalized spacial score (nSPS) is 21.2. The molecule has 2 aromatic rings. The number of amides is 1. The van der Waals surface area contributed by atoms with Gasteiger partial charge < -0.3 is 10.6 Å². The van der Waals surface area contributed by atoms with Gasteiger partial charge in [0.2, 0.25) is 0 Å². The first-order chi connectivity index (χ1) is 12.0. The lowest BCUT2D eigenvalue weighted by molar-refractivity contribution is 0.0995. The summed E-state index contributed by atoms with van der Waals surface area (Å²) in [7, 11) is 6.08. The first kappa shape index (κ1) is 17.3. The second-order valence-corrected chi connectivity index (χ2v) is 6.78. The van der Waals surface area contributed by atoms with Gasteiger partial charge in [0.15, 0.2) is 0 Å². The minimum atomic E-state index is -0.562. The van der Waals surface area contributed by atoms with Crippen LogP contribution in [0.3, 0.4) is 0 Å². The molecule has 1 aliphatic heterocycles. The Balaban J connectivity index is 1.79. The van der Waals surface area contributed by atoms with Gasteiger partial charge in [0, 0.05) is 38.4 Å². The van der Waals surface area contributed by atoms with Crippen molar-refractivity contribution in [2.75, 3.05) is 32.1 Å². The molecule has 8 nitrogen and oxygen atoms in total. The van der Waals surface area contributed by atoms with Crippen LogP contribution in [0.25, 0.3) is 0 Å². The summed E-state index contributed by atoms with van der Waals surface area (Å²) in [6.45, 7) is 1.90. The fourth-order valence-electron chi connectivity index (χ4n) is 3.67. The fourth-order valence-corrected chi connectivity index (χ4v) is 3.67. The van der Waals surface area contributed by atoms with E-state index in [-0.39, 0.29) is 5.69 Å². The molecule has 0 bridgehead atoms. The third kappa shape index (κ3) is 3.79.